The standard InChI is InChI=1S/C10H15N3O/c1-3-10(4-2,9(11)14)8-5-12-7-13-6-8/h5-7H,3-4H2,1-2H3,(H2,11,14). The van der Waals surface area contributed by atoms with Crippen LogP contribution in [0.15, 0.2) is 18.7 Å². The number of nitrogens with two attached hydrogens (primary N) is 1. The normalized spacial score (nSPS) is 11.3. The number of hydrogen-bond donors (Lipinski definition) is 1. The molecule has 14 heavy (non-hydrogen) atoms. The fourth-order valence-electron chi connectivity index (χ4n) is 1.70. The Bertz CT molecular complexity index is 306. The number of rotatable bonds is 4. The average Bonchev–Trinajstić information content (AvgIpc) is 2.22. The zero-order valence-corrected chi connectivity index (χ0v) is 8.53. The highest BCUT2D eigenvalue weighted by Gasteiger charge is 2.35. The van der Waals surface area contributed by atoms with E-state index in [0.717, 1.165) is 5.56 Å². The highest BCUT2D eigenvalue weighted by Crippen LogP contribution is 2.30. The summed E-state index contributed by atoms with van der Waals surface area (Å²) in [6.07, 6.45) is 6.11. The summed E-state index contributed by atoms with van der Waals surface area (Å²) >= 11 is 0. The maximum absolute atomic E-state index is 11.5. The molecule has 0 spiro atoms. The molecule has 1 aromatic rings. The van der Waals surface area contributed by atoms with Gasteiger partial charge in [-0.25, -0.2) is 9.97 Å². The third-order valence-electron chi connectivity index (χ3n) is 2.79. The Kier molecular flexibility index (Phi) is 3.17. The Morgan fingerprint density at radius 3 is 2.21 bits per heavy atom. The van der Waals surface area contributed by atoms with Crippen molar-refractivity contribution in [1.82, 2.24) is 9.97 Å². The van der Waals surface area contributed by atoms with Crippen LogP contribution in [0.5, 0.6) is 0 Å². The van der Waals surface area contributed by atoms with Crippen LogP contribution in [0.1, 0.15) is 32.3 Å². The predicted molar refractivity (Wildman–Crippen MR) is 53.5 cm³/mol. The van der Waals surface area contributed by atoms with Gasteiger partial charge in [0.1, 0.15) is 6.33 Å². The van der Waals surface area contributed by atoms with Crippen LogP contribution in [0.4, 0.5) is 0 Å². The molecule has 1 heterocycles. The van der Waals surface area contributed by atoms with Crippen LogP contribution in [-0.2, 0) is 10.2 Å². The van der Waals surface area contributed by atoms with Crippen molar-refractivity contribution in [2.75, 3.05) is 0 Å². The molecule has 4 heteroatoms. The van der Waals surface area contributed by atoms with Crippen molar-refractivity contribution >= 4 is 5.91 Å². The first-order valence-electron chi connectivity index (χ1n) is 4.72. The van der Waals surface area contributed by atoms with Crippen LogP contribution in [0.25, 0.3) is 0 Å². The SMILES string of the molecule is CCC(CC)(C(N)=O)c1cncnc1. The van der Waals surface area contributed by atoms with Gasteiger partial charge in [-0.3, -0.25) is 4.79 Å². The molecular formula is C10H15N3O. The summed E-state index contributed by atoms with van der Waals surface area (Å²) in [6, 6.07) is 0. The minimum Gasteiger partial charge on any atom is -0.369 e. The Hall–Kier alpha value is -1.45. The second kappa shape index (κ2) is 4.17. The number of carbonyl (C=O) groups is 1. The van der Waals surface area contributed by atoms with Crippen molar-refractivity contribution in [1.29, 1.82) is 0 Å². The molecule has 0 fully saturated rings. The summed E-state index contributed by atoms with van der Waals surface area (Å²) in [5.74, 6) is -0.308. The minimum absolute atomic E-state index is 0.308. The zero-order chi connectivity index (χ0) is 10.6. The number of amides is 1. The van der Waals surface area contributed by atoms with Crippen LogP contribution >= 0.6 is 0 Å². The van der Waals surface area contributed by atoms with Crippen molar-refractivity contribution in [3.05, 3.63) is 24.3 Å². The number of carbonyl (C=O) groups excluding carboxylic acids is 1. The Morgan fingerprint density at radius 1 is 1.36 bits per heavy atom. The number of primary amides is 1. The molecule has 1 rings (SSSR count). The van der Waals surface area contributed by atoms with Crippen LogP contribution < -0.4 is 5.73 Å². The smallest absolute Gasteiger partial charge is 0.228 e. The van der Waals surface area contributed by atoms with Crippen molar-refractivity contribution in [3.63, 3.8) is 0 Å². The molecule has 1 amide bonds. The topological polar surface area (TPSA) is 68.9 Å². The first-order valence-corrected chi connectivity index (χ1v) is 4.72. The van der Waals surface area contributed by atoms with Crippen LogP contribution in [0, 0.1) is 0 Å². The fourth-order valence-corrected chi connectivity index (χ4v) is 1.70. The summed E-state index contributed by atoms with van der Waals surface area (Å²) < 4.78 is 0. The molecule has 0 unspecified atom stereocenters. The Balaban J connectivity index is 3.18. The first-order chi connectivity index (χ1) is 6.67. The lowest BCUT2D eigenvalue weighted by atomic mass is 9.76. The molecule has 0 aliphatic carbocycles. The van der Waals surface area contributed by atoms with E-state index in [-0.39, 0.29) is 5.91 Å². The van der Waals surface area contributed by atoms with Crippen LogP contribution in [0.2, 0.25) is 0 Å². The van der Waals surface area contributed by atoms with Crippen molar-refractivity contribution in [2.45, 2.75) is 32.1 Å². The maximum atomic E-state index is 11.5. The zero-order valence-electron chi connectivity index (χ0n) is 8.53. The summed E-state index contributed by atoms with van der Waals surface area (Å²) in [4.78, 5) is 19.3. The van der Waals surface area contributed by atoms with Crippen molar-refractivity contribution in [3.8, 4) is 0 Å². The molecule has 1 aromatic heterocycles. The highest BCUT2D eigenvalue weighted by molar-refractivity contribution is 5.86. The van der Waals surface area contributed by atoms with Gasteiger partial charge >= 0.3 is 0 Å². The van der Waals surface area contributed by atoms with Gasteiger partial charge in [0.25, 0.3) is 0 Å². The molecular weight excluding hydrogens is 178 g/mol. The van der Waals surface area contributed by atoms with Gasteiger partial charge in [0.2, 0.25) is 5.91 Å². The average molecular weight is 193 g/mol. The quantitative estimate of drug-likeness (QED) is 0.776. The fraction of sp³-hybridized carbons (Fsp3) is 0.500. The van der Waals surface area contributed by atoms with Crippen molar-refractivity contribution in [2.24, 2.45) is 5.73 Å². The van der Waals surface area contributed by atoms with Crippen LogP contribution in [0.3, 0.4) is 0 Å². The van der Waals surface area contributed by atoms with Gasteiger partial charge in [-0.05, 0) is 12.8 Å². The predicted octanol–water partition coefficient (Wildman–Crippen LogP) is 1.02. The van der Waals surface area contributed by atoms with Gasteiger partial charge in [0, 0.05) is 18.0 Å². The number of nitrogens with zero attached hydrogens (tertiary/aromatic N) is 2. The Labute approximate surface area is 83.6 Å². The summed E-state index contributed by atoms with van der Waals surface area (Å²) in [5, 5.41) is 0. The molecule has 0 saturated carbocycles. The van der Waals surface area contributed by atoms with Gasteiger partial charge < -0.3 is 5.73 Å². The molecule has 0 aliphatic rings. The maximum Gasteiger partial charge on any atom is 0.228 e. The monoisotopic (exact) mass is 193 g/mol. The first kappa shape index (κ1) is 10.6. The minimum atomic E-state index is -0.610. The third-order valence-corrected chi connectivity index (χ3v) is 2.79. The van der Waals surface area contributed by atoms with E-state index in [4.69, 9.17) is 5.73 Å². The molecule has 76 valence electrons. The highest BCUT2D eigenvalue weighted by atomic mass is 16.1. The van der Waals surface area contributed by atoms with E-state index in [1.54, 1.807) is 12.4 Å². The van der Waals surface area contributed by atoms with Crippen molar-refractivity contribution < 1.29 is 4.79 Å². The molecule has 2 N–H and O–H groups in total. The van der Waals surface area contributed by atoms with E-state index in [9.17, 15) is 4.79 Å². The van der Waals surface area contributed by atoms with Gasteiger partial charge in [0.05, 0.1) is 5.41 Å². The number of aromatic nitrogens is 2. The van der Waals surface area contributed by atoms with E-state index < -0.39 is 5.41 Å². The lowest BCUT2D eigenvalue weighted by Crippen LogP contribution is -2.40. The molecule has 0 radical (unpaired) electrons. The van der Waals surface area contributed by atoms with Gasteiger partial charge in [-0.2, -0.15) is 0 Å². The molecule has 0 aliphatic heterocycles. The summed E-state index contributed by atoms with van der Waals surface area (Å²) in [5.41, 5.74) is 5.62. The molecule has 0 saturated heterocycles. The lowest BCUT2D eigenvalue weighted by Gasteiger charge is -2.27. The summed E-state index contributed by atoms with van der Waals surface area (Å²) in [6.45, 7) is 3.89. The van der Waals surface area contributed by atoms with Crippen LogP contribution in [-0.4, -0.2) is 15.9 Å². The molecule has 4 nitrogen and oxygen atoms in total. The second-order valence-electron chi connectivity index (χ2n) is 3.28. The van der Waals surface area contributed by atoms with E-state index in [1.165, 1.54) is 6.33 Å². The lowest BCUT2D eigenvalue weighted by molar-refractivity contribution is -0.123. The number of hydrogen-bond acceptors (Lipinski definition) is 3. The molecule has 0 aromatic carbocycles. The van der Waals surface area contributed by atoms with Gasteiger partial charge in [0.15, 0.2) is 0 Å². The van der Waals surface area contributed by atoms with Gasteiger partial charge in [-0.1, -0.05) is 13.8 Å². The third kappa shape index (κ3) is 1.60. The van der Waals surface area contributed by atoms with Gasteiger partial charge in [-0.15, -0.1) is 0 Å². The molecule has 0 bridgehead atoms. The largest absolute Gasteiger partial charge is 0.369 e. The summed E-state index contributed by atoms with van der Waals surface area (Å²) in [7, 11) is 0. The Morgan fingerprint density at radius 2 is 1.86 bits per heavy atom. The second-order valence-corrected chi connectivity index (χ2v) is 3.28. The van der Waals surface area contributed by atoms with E-state index in [0.29, 0.717) is 12.8 Å². The van der Waals surface area contributed by atoms with E-state index in [1.807, 2.05) is 13.8 Å². The van der Waals surface area contributed by atoms with E-state index >= 15 is 0 Å². The van der Waals surface area contributed by atoms with E-state index in [2.05, 4.69) is 9.97 Å². The molecule has 0 atom stereocenters.